The highest BCUT2D eigenvalue weighted by atomic mass is 16.4. The number of benzene rings is 1. The molecule has 29 heavy (non-hydrogen) atoms. The Morgan fingerprint density at radius 2 is 1.52 bits per heavy atom. The standard InChI is InChI=1S/C26H38N2O/c1-18(2)14-22-23(26(6,7)13-12-25(22,4)5)15-19(3)21-16-20(17-27-29)10-11-24(21)28(8)9/h10-11,14-17,29H,12-13H2,1-9H3/b19-15+,27-17+. The van der Waals surface area contributed by atoms with Crippen LogP contribution in [0.4, 0.5) is 5.69 Å². The molecule has 0 atom stereocenters. The Bertz CT molecular complexity index is 876. The molecule has 1 aromatic rings. The van der Waals surface area contributed by atoms with Gasteiger partial charge in [-0.25, -0.2) is 0 Å². The zero-order valence-corrected chi connectivity index (χ0v) is 19.7. The Labute approximate surface area is 177 Å². The van der Waals surface area contributed by atoms with Crippen LogP contribution in [0, 0.1) is 10.8 Å². The molecule has 1 aliphatic rings. The molecule has 158 valence electrons. The summed E-state index contributed by atoms with van der Waals surface area (Å²) in [5, 5.41) is 12.2. The number of hydrogen-bond donors (Lipinski definition) is 1. The highest BCUT2D eigenvalue weighted by molar-refractivity contribution is 5.86. The second-order valence-electron chi connectivity index (χ2n) is 10.1. The van der Waals surface area contributed by atoms with Crippen LogP contribution in [0.5, 0.6) is 0 Å². The summed E-state index contributed by atoms with van der Waals surface area (Å²) in [6, 6.07) is 6.17. The maximum atomic E-state index is 8.96. The van der Waals surface area contributed by atoms with Gasteiger partial charge in [-0.15, -0.1) is 0 Å². The Hall–Kier alpha value is -2.29. The average molecular weight is 395 g/mol. The first-order valence-electron chi connectivity index (χ1n) is 10.5. The molecule has 0 aliphatic heterocycles. The lowest BCUT2D eigenvalue weighted by molar-refractivity contribution is 0.273. The first-order chi connectivity index (χ1) is 13.4. The Balaban J connectivity index is 2.76. The number of oxime groups is 1. The van der Waals surface area contributed by atoms with E-state index in [2.05, 4.69) is 96.9 Å². The fraction of sp³-hybridized carbons (Fsp3) is 0.500. The van der Waals surface area contributed by atoms with Crippen LogP contribution in [0.15, 0.2) is 52.2 Å². The Morgan fingerprint density at radius 3 is 2.00 bits per heavy atom. The van der Waals surface area contributed by atoms with Crippen molar-refractivity contribution in [2.45, 2.75) is 61.3 Å². The predicted octanol–water partition coefficient (Wildman–Crippen LogP) is 7.07. The Kier molecular flexibility index (Phi) is 6.82. The summed E-state index contributed by atoms with van der Waals surface area (Å²) in [7, 11) is 4.13. The summed E-state index contributed by atoms with van der Waals surface area (Å²) < 4.78 is 0. The minimum atomic E-state index is 0.126. The summed E-state index contributed by atoms with van der Waals surface area (Å²) in [6.07, 6.45) is 8.62. The highest BCUT2D eigenvalue weighted by Gasteiger charge is 2.37. The van der Waals surface area contributed by atoms with E-state index in [-0.39, 0.29) is 10.8 Å². The van der Waals surface area contributed by atoms with Crippen LogP contribution in [-0.2, 0) is 0 Å². The lowest BCUT2D eigenvalue weighted by Crippen LogP contribution is -2.30. The molecule has 1 aromatic carbocycles. The number of allylic oxidation sites excluding steroid dienone is 6. The topological polar surface area (TPSA) is 35.8 Å². The molecule has 3 heteroatoms. The van der Waals surface area contributed by atoms with Crippen molar-refractivity contribution in [2.24, 2.45) is 16.0 Å². The van der Waals surface area contributed by atoms with Crippen molar-refractivity contribution in [1.82, 2.24) is 0 Å². The largest absolute Gasteiger partial charge is 0.411 e. The van der Waals surface area contributed by atoms with Gasteiger partial charge in [0.2, 0.25) is 0 Å². The molecular formula is C26H38N2O. The van der Waals surface area contributed by atoms with E-state index >= 15 is 0 Å². The zero-order valence-electron chi connectivity index (χ0n) is 19.7. The third-order valence-corrected chi connectivity index (χ3v) is 6.05. The molecule has 0 bridgehead atoms. The smallest absolute Gasteiger partial charge is 0.0734 e. The van der Waals surface area contributed by atoms with Gasteiger partial charge in [0.1, 0.15) is 0 Å². The maximum absolute atomic E-state index is 8.96. The van der Waals surface area contributed by atoms with Crippen molar-refractivity contribution in [1.29, 1.82) is 0 Å². The summed E-state index contributed by atoms with van der Waals surface area (Å²) in [4.78, 5) is 2.13. The van der Waals surface area contributed by atoms with Gasteiger partial charge in [0.05, 0.1) is 6.21 Å². The molecule has 3 nitrogen and oxygen atoms in total. The molecular weight excluding hydrogens is 356 g/mol. The minimum Gasteiger partial charge on any atom is -0.411 e. The highest BCUT2D eigenvalue weighted by Crippen LogP contribution is 2.50. The Morgan fingerprint density at radius 1 is 0.966 bits per heavy atom. The molecule has 0 radical (unpaired) electrons. The number of nitrogens with zero attached hydrogens (tertiary/aromatic N) is 2. The molecule has 0 aromatic heterocycles. The van der Waals surface area contributed by atoms with Crippen molar-refractivity contribution in [3.63, 3.8) is 0 Å². The molecule has 1 N–H and O–H groups in total. The molecule has 0 amide bonds. The van der Waals surface area contributed by atoms with Gasteiger partial charge in [-0.2, -0.15) is 0 Å². The van der Waals surface area contributed by atoms with E-state index in [1.165, 1.54) is 41.3 Å². The van der Waals surface area contributed by atoms with E-state index in [1.807, 2.05) is 6.07 Å². The molecule has 0 unspecified atom stereocenters. The van der Waals surface area contributed by atoms with E-state index in [0.717, 1.165) is 16.8 Å². The molecule has 0 saturated heterocycles. The van der Waals surface area contributed by atoms with E-state index in [4.69, 9.17) is 5.21 Å². The first kappa shape index (κ1) is 23.0. The number of anilines is 1. The van der Waals surface area contributed by atoms with E-state index < -0.39 is 0 Å². The first-order valence-corrected chi connectivity index (χ1v) is 10.5. The fourth-order valence-corrected chi connectivity index (χ4v) is 4.16. The zero-order chi connectivity index (χ0) is 22.0. The number of hydrogen-bond acceptors (Lipinski definition) is 3. The van der Waals surface area contributed by atoms with Gasteiger partial charge in [0, 0.05) is 25.3 Å². The van der Waals surface area contributed by atoms with Crippen LogP contribution >= 0.6 is 0 Å². The molecule has 1 aliphatic carbocycles. The third-order valence-electron chi connectivity index (χ3n) is 6.05. The van der Waals surface area contributed by atoms with Crippen LogP contribution in [0.3, 0.4) is 0 Å². The van der Waals surface area contributed by atoms with Crippen molar-refractivity contribution in [3.8, 4) is 0 Å². The van der Waals surface area contributed by atoms with Gasteiger partial charge < -0.3 is 10.1 Å². The van der Waals surface area contributed by atoms with Gasteiger partial charge in [-0.1, -0.05) is 56.6 Å². The number of rotatable bonds is 5. The van der Waals surface area contributed by atoms with Gasteiger partial charge in [0.15, 0.2) is 0 Å². The monoisotopic (exact) mass is 394 g/mol. The normalized spacial score (nSPS) is 18.9. The van der Waals surface area contributed by atoms with Crippen LogP contribution in [-0.4, -0.2) is 25.5 Å². The summed E-state index contributed by atoms with van der Waals surface area (Å²) in [6.45, 7) is 16.0. The molecule has 0 fully saturated rings. The van der Waals surface area contributed by atoms with Crippen LogP contribution in [0.1, 0.15) is 72.4 Å². The predicted molar refractivity (Wildman–Crippen MR) is 127 cm³/mol. The fourth-order valence-electron chi connectivity index (χ4n) is 4.16. The van der Waals surface area contributed by atoms with Gasteiger partial charge in [-0.3, -0.25) is 0 Å². The van der Waals surface area contributed by atoms with E-state index in [1.54, 1.807) is 0 Å². The van der Waals surface area contributed by atoms with Gasteiger partial charge in [0.25, 0.3) is 0 Å². The SMILES string of the molecule is CC(C)=CC1=C(/C=C(\C)c2cc(/C=N/O)ccc2N(C)C)C(C)(C)CCC1(C)C. The van der Waals surface area contributed by atoms with Gasteiger partial charge >= 0.3 is 0 Å². The lowest BCUT2D eigenvalue weighted by Gasteiger charge is -2.42. The minimum absolute atomic E-state index is 0.126. The average Bonchev–Trinajstić information content (AvgIpc) is 2.61. The lowest BCUT2D eigenvalue weighted by atomic mass is 9.62. The molecule has 2 rings (SSSR count). The van der Waals surface area contributed by atoms with E-state index in [9.17, 15) is 0 Å². The summed E-state index contributed by atoms with van der Waals surface area (Å²) in [5.74, 6) is 0. The summed E-state index contributed by atoms with van der Waals surface area (Å²) in [5.41, 5.74) is 8.94. The van der Waals surface area contributed by atoms with E-state index in [0.29, 0.717) is 0 Å². The van der Waals surface area contributed by atoms with Crippen molar-refractivity contribution < 1.29 is 5.21 Å². The molecule has 0 spiro atoms. The molecule has 0 saturated carbocycles. The van der Waals surface area contributed by atoms with Crippen LogP contribution in [0.25, 0.3) is 5.57 Å². The molecule has 0 heterocycles. The van der Waals surface area contributed by atoms with Crippen molar-refractivity contribution in [3.05, 3.63) is 58.2 Å². The quantitative estimate of drug-likeness (QED) is 0.329. The van der Waals surface area contributed by atoms with Crippen LogP contribution in [0.2, 0.25) is 0 Å². The van der Waals surface area contributed by atoms with Crippen molar-refractivity contribution >= 4 is 17.5 Å². The summed E-state index contributed by atoms with van der Waals surface area (Å²) >= 11 is 0. The van der Waals surface area contributed by atoms with Crippen molar-refractivity contribution in [2.75, 3.05) is 19.0 Å². The second-order valence-corrected chi connectivity index (χ2v) is 10.1. The maximum Gasteiger partial charge on any atom is 0.0734 e. The second kappa shape index (κ2) is 8.61. The third kappa shape index (κ3) is 5.20. The van der Waals surface area contributed by atoms with Crippen LogP contribution < -0.4 is 4.90 Å². The van der Waals surface area contributed by atoms with Gasteiger partial charge in [-0.05, 0) is 78.9 Å².